The lowest BCUT2D eigenvalue weighted by atomic mass is 10.3. The Balaban J connectivity index is 2.12. The number of furan rings is 1. The summed E-state index contributed by atoms with van der Waals surface area (Å²) < 4.78 is 6.70. The highest BCUT2D eigenvalue weighted by Crippen LogP contribution is 2.05. The van der Waals surface area contributed by atoms with Crippen molar-refractivity contribution in [3.05, 3.63) is 59.3 Å². The zero-order valence-corrected chi connectivity index (χ0v) is 8.91. The summed E-state index contributed by atoms with van der Waals surface area (Å²) in [6, 6.07) is 5.32. The number of hydrogen-bond acceptors (Lipinski definition) is 4. The first kappa shape index (κ1) is 9.77. The van der Waals surface area contributed by atoms with E-state index < -0.39 is 0 Å². The van der Waals surface area contributed by atoms with Crippen LogP contribution in [0.5, 0.6) is 0 Å². The average molecular weight is 227 g/mol. The zero-order chi connectivity index (χ0) is 11.7. The van der Waals surface area contributed by atoms with Crippen LogP contribution in [0.3, 0.4) is 0 Å². The first-order chi connectivity index (χ1) is 8.34. The van der Waals surface area contributed by atoms with E-state index in [4.69, 9.17) is 4.42 Å². The highest BCUT2D eigenvalue weighted by Gasteiger charge is 2.05. The van der Waals surface area contributed by atoms with E-state index in [1.165, 1.54) is 17.1 Å². The average Bonchev–Trinajstić information content (AvgIpc) is 2.86. The number of pyridine rings is 1. The molecule has 0 radical (unpaired) electrons. The molecule has 0 aliphatic carbocycles. The molecule has 0 atom stereocenters. The van der Waals surface area contributed by atoms with E-state index in [1.807, 2.05) is 6.07 Å². The molecule has 3 aromatic heterocycles. The summed E-state index contributed by atoms with van der Waals surface area (Å²) in [5, 5.41) is 0.515. The number of hydrogen-bond donors (Lipinski definition) is 0. The van der Waals surface area contributed by atoms with E-state index >= 15 is 0 Å². The quantitative estimate of drug-likeness (QED) is 0.664. The second-order valence-corrected chi connectivity index (χ2v) is 3.65. The molecule has 3 heterocycles. The van der Waals surface area contributed by atoms with E-state index in [1.54, 1.807) is 24.6 Å². The molecule has 5 heteroatoms. The molecule has 0 N–H and O–H groups in total. The molecule has 0 bridgehead atoms. The summed E-state index contributed by atoms with van der Waals surface area (Å²) in [7, 11) is 0. The molecule has 0 saturated heterocycles. The van der Waals surface area contributed by atoms with Crippen LogP contribution in [0.1, 0.15) is 5.76 Å². The first-order valence-electron chi connectivity index (χ1n) is 5.16. The van der Waals surface area contributed by atoms with Crippen LogP contribution in [0.25, 0.3) is 10.9 Å². The van der Waals surface area contributed by atoms with E-state index in [2.05, 4.69) is 9.97 Å². The van der Waals surface area contributed by atoms with Gasteiger partial charge in [-0.15, -0.1) is 0 Å². The van der Waals surface area contributed by atoms with Crippen molar-refractivity contribution in [2.75, 3.05) is 0 Å². The van der Waals surface area contributed by atoms with Gasteiger partial charge in [-0.05, 0) is 18.2 Å². The van der Waals surface area contributed by atoms with Crippen molar-refractivity contribution in [1.29, 1.82) is 0 Å². The van der Waals surface area contributed by atoms with E-state index in [9.17, 15) is 4.79 Å². The number of rotatable bonds is 2. The van der Waals surface area contributed by atoms with Gasteiger partial charge >= 0.3 is 0 Å². The van der Waals surface area contributed by atoms with Gasteiger partial charge in [0.1, 0.15) is 5.76 Å². The number of fused-ring (bicyclic) bond motifs is 1. The van der Waals surface area contributed by atoms with Crippen molar-refractivity contribution in [2.24, 2.45) is 0 Å². The maximum atomic E-state index is 12.1. The van der Waals surface area contributed by atoms with Gasteiger partial charge in [-0.25, -0.2) is 4.98 Å². The van der Waals surface area contributed by atoms with Gasteiger partial charge in [-0.1, -0.05) is 0 Å². The lowest BCUT2D eigenvalue weighted by Crippen LogP contribution is -2.21. The summed E-state index contributed by atoms with van der Waals surface area (Å²) in [4.78, 5) is 20.2. The molecule has 0 amide bonds. The van der Waals surface area contributed by atoms with Gasteiger partial charge in [0.15, 0.2) is 0 Å². The maximum absolute atomic E-state index is 12.1. The SMILES string of the molecule is O=c1c2cnccc2ncn1Cc1ccco1. The molecule has 0 unspecified atom stereocenters. The molecule has 17 heavy (non-hydrogen) atoms. The van der Waals surface area contributed by atoms with Crippen LogP contribution in [0, 0.1) is 0 Å². The van der Waals surface area contributed by atoms with Gasteiger partial charge < -0.3 is 4.42 Å². The van der Waals surface area contributed by atoms with Crippen LogP contribution in [-0.2, 0) is 6.54 Å². The molecule has 3 aromatic rings. The second kappa shape index (κ2) is 3.86. The topological polar surface area (TPSA) is 60.9 Å². The predicted octanol–water partition coefficient (Wildman–Crippen LogP) is 1.43. The fourth-order valence-corrected chi connectivity index (χ4v) is 1.69. The van der Waals surface area contributed by atoms with Crippen molar-refractivity contribution in [3.63, 3.8) is 0 Å². The lowest BCUT2D eigenvalue weighted by Gasteiger charge is -2.03. The van der Waals surface area contributed by atoms with E-state index in [0.29, 0.717) is 17.4 Å². The Kier molecular flexibility index (Phi) is 2.22. The molecule has 0 aliphatic rings. The third-order valence-corrected chi connectivity index (χ3v) is 2.53. The summed E-state index contributed by atoms with van der Waals surface area (Å²) in [6.45, 7) is 0.379. The van der Waals surface area contributed by atoms with Gasteiger partial charge in [0.2, 0.25) is 0 Å². The van der Waals surface area contributed by atoms with Crippen LogP contribution < -0.4 is 5.56 Å². The normalized spacial score (nSPS) is 10.8. The zero-order valence-electron chi connectivity index (χ0n) is 8.91. The molecular formula is C12H9N3O2. The van der Waals surface area contributed by atoms with Crippen LogP contribution in [0.15, 0.2) is 52.4 Å². The minimum Gasteiger partial charge on any atom is -0.467 e. The molecule has 0 aromatic carbocycles. The summed E-state index contributed by atoms with van der Waals surface area (Å²) in [6.07, 6.45) is 6.25. The minimum atomic E-state index is -0.112. The second-order valence-electron chi connectivity index (χ2n) is 3.65. The Bertz CT molecular complexity index is 701. The highest BCUT2D eigenvalue weighted by molar-refractivity contribution is 5.75. The Morgan fingerprint density at radius 3 is 3.12 bits per heavy atom. The molecule has 0 aliphatic heterocycles. The lowest BCUT2D eigenvalue weighted by molar-refractivity contribution is 0.489. The molecule has 5 nitrogen and oxygen atoms in total. The molecule has 84 valence electrons. The van der Waals surface area contributed by atoms with Crippen molar-refractivity contribution < 1.29 is 4.42 Å². The maximum Gasteiger partial charge on any atom is 0.263 e. The van der Waals surface area contributed by atoms with Gasteiger partial charge in [-0.3, -0.25) is 14.3 Å². The first-order valence-corrected chi connectivity index (χ1v) is 5.16. The van der Waals surface area contributed by atoms with E-state index in [-0.39, 0.29) is 5.56 Å². The summed E-state index contributed by atoms with van der Waals surface area (Å²) in [5.41, 5.74) is 0.542. The summed E-state index contributed by atoms with van der Waals surface area (Å²) >= 11 is 0. The largest absolute Gasteiger partial charge is 0.467 e. The Hall–Kier alpha value is -2.43. The molecule has 0 saturated carbocycles. The summed E-state index contributed by atoms with van der Waals surface area (Å²) in [5.74, 6) is 0.720. The molecule has 3 rings (SSSR count). The standard InChI is InChI=1S/C12H9N3O2/c16-12-10-6-13-4-3-11(10)14-8-15(12)7-9-2-1-5-17-9/h1-6,8H,7H2. The van der Waals surface area contributed by atoms with Crippen LogP contribution in [0.2, 0.25) is 0 Å². The number of aromatic nitrogens is 3. The molecular weight excluding hydrogens is 218 g/mol. The van der Waals surface area contributed by atoms with Gasteiger partial charge in [0.25, 0.3) is 5.56 Å². The van der Waals surface area contributed by atoms with Crippen molar-refractivity contribution in [1.82, 2.24) is 14.5 Å². The third kappa shape index (κ3) is 1.71. The number of nitrogens with zero attached hydrogens (tertiary/aromatic N) is 3. The Labute approximate surface area is 96.4 Å². The molecule has 0 fully saturated rings. The van der Waals surface area contributed by atoms with Crippen molar-refractivity contribution in [2.45, 2.75) is 6.54 Å². The Morgan fingerprint density at radius 1 is 1.35 bits per heavy atom. The van der Waals surface area contributed by atoms with Crippen molar-refractivity contribution in [3.8, 4) is 0 Å². The van der Waals surface area contributed by atoms with Crippen molar-refractivity contribution >= 4 is 10.9 Å². The fraction of sp³-hybridized carbons (Fsp3) is 0.0833. The Morgan fingerprint density at radius 2 is 2.29 bits per heavy atom. The van der Waals surface area contributed by atoms with Crippen LogP contribution in [-0.4, -0.2) is 14.5 Å². The van der Waals surface area contributed by atoms with Gasteiger partial charge in [-0.2, -0.15) is 0 Å². The molecule has 0 spiro atoms. The monoisotopic (exact) mass is 227 g/mol. The third-order valence-electron chi connectivity index (χ3n) is 2.53. The van der Waals surface area contributed by atoms with Gasteiger partial charge in [0.05, 0.1) is 30.0 Å². The van der Waals surface area contributed by atoms with Gasteiger partial charge in [0, 0.05) is 12.4 Å². The smallest absolute Gasteiger partial charge is 0.263 e. The fourth-order valence-electron chi connectivity index (χ4n) is 1.69. The van der Waals surface area contributed by atoms with Crippen LogP contribution in [0.4, 0.5) is 0 Å². The van der Waals surface area contributed by atoms with E-state index in [0.717, 1.165) is 5.76 Å². The van der Waals surface area contributed by atoms with Crippen LogP contribution >= 0.6 is 0 Å². The highest BCUT2D eigenvalue weighted by atomic mass is 16.3. The predicted molar refractivity (Wildman–Crippen MR) is 61.6 cm³/mol. The minimum absolute atomic E-state index is 0.112.